The number of hydrogen-bond acceptors (Lipinski definition) is 3. The molecule has 0 aliphatic carbocycles. The van der Waals surface area contributed by atoms with Gasteiger partial charge < -0.3 is 9.47 Å². The number of carbonyl (C=O) groups is 1. The molecule has 0 aliphatic rings. The van der Waals surface area contributed by atoms with Crippen molar-refractivity contribution in [2.45, 2.75) is 91.4 Å². The van der Waals surface area contributed by atoms with Crippen LogP contribution < -0.4 is 9.47 Å². The first kappa shape index (κ1) is 26.7. The van der Waals surface area contributed by atoms with Crippen LogP contribution in [0.1, 0.15) is 101 Å². The van der Waals surface area contributed by atoms with E-state index in [0.29, 0.717) is 17.1 Å². The third-order valence-corrected chi connectivity index (χ3v) is 6.11. The third-order valence-electron chi connectivity index (χ3n) is 6.11. The van der Waals surface area contributed by atoms with E-state index in [2.05, 4.69) is 26.8 Å². The fourth-order valence-corrected chi connectivity index (χ4v) is 3.66. The molecule has 0 bridgehead atoms. The molecule has 2 rings (SSSR count). The number of esters is 1. The van der Waals surface area contributed by atoms with E-state index < -0.39 is 0 Å². The summed E-state index contributed by atoms with van der Waals surface area (Å²) in [6.07, 6.45) is 17.4. The first-order valence-corrected chi connectivity index (χ1v) is 12.8. The standard InChI is InChI=1S/C30H42O3/c1-4-6-7-8-9-10-11-12-24-32-28-22-18-27(19-23-28)30(31)33-29-20-16-26(17-21-29)15-13-14-25(3)5-2/h12,16-25H,4-11,13-15H2,1-3H3/t25-/m0/s1. The molecular weight excluding hydrogens is 408 g/mol. The molecule has 33 heavy (non-hydrogen) atoms. The molecule has 0 fully saturated rings. The molecule has 180 valence electrons. The molecule has 0 unspecified atom stereocenters. The molecular formula is C30H42O3. The van der Waals surface area contributed by atoms with Crippen LogP contribution in [0, 0.1) is 5.92 Å². The van der Waals surface area contributed by atoms with E-state index in [4.69, 9.17) is 9.47 Å². The summed E-state index contributed by atoms with van der Waals surface area (Å²) < 4.78 is 11.2. The highest BCUT2D eigenvalue weighted by molar-refractivity contribution is 5.91. The Morgan fingerprint density at radius 1 is 0.848 bits per heavy atom. The number of aryl methyl sites for hydroxylation is 1. The summed E-state index contributed by atoms with van der Waals surface area (Å²) in [5.74, 6) is 1.71. The van der Waals surface area contributed by atoms with Crippen LogP contribution in [-0.2, 0) is 6.42 Å². The Hall–Kier alpha value is -2.55. The van der Waals surface area contributed by atoms with Gasteiger partial charge in [0.25, 0.3) is 0 Å². The zero-order chi connectivity index (χ0) is 23.7. The van der Waals surface area contributed by atoms with Crippen molar-refractivity contribution in [3.8, 4) is 11.5 Å². The van der Waals surface area contributed by atoms with Gasteiger partial charge in [-0.2, -0.15) is 0 Å². The Bertz CT molecular complexity index is 805. The van der Waals surface area contributed by atoms with Gasteiger partial charge in [-0.3, -0.25) is 0 Å². The van der Waals surface area contributed by atoms with Crippen LogP contribution in [-0.4, -0.2) is 5.97 Å². The summed E-state index contributed by atoms with van der Waals surface area (Å²) in [6, 6.07) is 14.9. The second-order valence-corrected chi connectivity index (χ2v) is 9.01. The minimum atomic E-state index is -0.357. The van der Waals surface area contributed by atoms with E-state index in [0.717, 1.165) is 18.8 Å². The predicted molar refractivity (Wildman–Crippen MR) is 138 cm³/mol. The second-order valence-electron chi connectivity index (χ2n) is 9.01. The molecule has 3 heteroatoms. The molecule has 0 spiro atoms. The van der Waals surface area contributed by atoms with Crippen LogP contribution in [0.3, 0.4) is 0 Å². The smallest absolute Gasteiger partial charge is 0.343 e. The van der Waals surface area contributed by atoms with Gasteiger partial charge in [0.05, 0.1) is 11.8 Å². The number of carbonyl (C=O) groups excluding carboxylic acids is 1. The van der Waals surface area contributed by atoms with Gasteiger partial charge in [-0.1, -0.05) is 77.8 Å². The van der Waals surface area contributed by atoms with E-state index in [1.54, 1.807) is 30.5 Å². The van der Waals surface area contributed by atoms with Gasteiger partial charge in [0.15, 0.2) is 0 Å². The molecule has 0 saturated carbocycles. The van der Waals surface area contributed by atoms with E-state index in [1.165, 1.54) is 63.4 Å². The lowest BCUT2D eigenvalue weighted by Gasteiger charge is -2.09. The number of benzene rings is 2. The molecule has 0 saturated heterocycles. The van der Waals surface area contributed by atoms with Crippen LogP contribution in [0.5, 0.6) is 11.5 Å². The third kappa shape index (κ3) is 11.2. The van der Waals surface area contributed by atoms with Crippen molar-refractivity contribution in [3.63, 3.8) is 0 Å². The SMILES string of the molecule is CCCCCCCCC=COc1ccc(C(=O)Oc2ccc(CCC[C@@H](C)CC)cc2)cc1. The first-order chi connectivity index (χ1) is 16.1. The second kappa shape index (κ2) is 16.1. The first-order valence-electron chi connectivity index (χ1n) is 12.8. The highest BCUT2D eigenvalue weighted by atomic mass is 16.5. The fraction of sp³-hybridized carbons (Fsp3) is 0.500. The topological polar surface area (TPSA) is 35.5 Å². The Morgan fingerprint density at radius 2 is 1.52 bits per heavy atom. The summed E-state index contributed by atoms with van der Waals surface area (Å²) in [5, 5.41) is 0. The zero-order valence-electron chi connectivity index (χ0n) is 20.9. The van der Waals surface area contributed by atoms with Gasteiger partial charge in [0.1, 0.15) is 11.5 Å². The molecule has 2 aromatic carbocycles. The lowest BCUT2D eigenvalue weighted by molar-refractivity contribution is 0.0734. The summed E-state index contributed by atoms with van der Waals surface area (Å²) in [7, 11) is 0. The summed E-state index contributed by atoms with van der Waals surface area (Å²) in [5.41, 5.74) is 1.79. The van der Waals surface area contributed by atoms with Crippen molar-refractivity contribution in [2.24, 2.45) is 5.92 Å². The van der Waals surface area contributed by atoms with E-state index in [9.17, 15) is 4.79 Å². The van der Waals surface area contributed by atoms with E-state index in [1.807, 2.05) is 24.3 Å². The fourth-order valence-electron chi connectivity index (χ4n) is 3.66. The molecule has 0 radical (unpaired) electrons. The van der Waals surface area contributed by atoms with E-state index in [-0.39, 0.29) is 5.97 Å². The summed E-state index contributed by atoms with van der Waals surface area (Å²) in [4.78, 5) is 12.4. The monoisotopic (exact) mass is 450 g/mol. The maximum Gasteiger partial charge on any atom is 0.343 e. The van der Waals surface area contributed by atoms with Crippen molar-refractivity contribution in [3.05, 3.63) is 72.0 Å². The van der Waals surface area contributed by atoms with Gasteiger partial charge in [0.2, 0.25) is 0 Å². The number of rotatable bonds is 16. The van der Waals surface area contributed by atoms with Crippen molar-refractivity contribution in [2.75, 3.05) is 0 Å². The number of unbranched alkanes of at least 4 members (excludes halogenated alkanes) is 6. The largest absolute Gasteiger partial charge is 0.465 e. The normalized spacial score (nSPS) is 12.1. The zero-order valence-corrected chi connectivity index (χ0v) is 20.9. The van der Waals surface area contributed by atoms with Crippen molar-refractivity contribution < 1.29 is 14.3 Å². The quantitative estimate of drug-likeness (QED) is 0.111. The Labute approximate surface area is 201 Å². The van der Waals surface area contributed by atoms with Gasteiger partial charge in [0, 0.05) is 0 Å². The number of allylic oxidation sites excluding steroid dienone is 1. The minimum absolute atomic E-state index is 0.357. The molecule has 0 N–H and O–H groups in total. The van der Waals surface area contributed by atoms with Gasteiger partial charge in [-0.15, -0.1) is 0 Å². The molecule has 0 amide bonds. The Morgan fingerprint density at radius 3 is 2.21 bits per heavy atom. The van der Waals surface area contributed by atoms with Crippen molar-refractivity contribution in [1.29, 1.82) is 0 Å². The number of hydrogen-bond donors (Lipinski definition) is 0. The molecule has 2 aromatic rings. The lowest BCUT2D eigenvalue weighted by Crippen LogP contribution is -2.08. The van der Waals surface area contributed by atoms with Crippen LogP contribution in [0.4, 0.5) is 0 Å². The molecule has 3 nitrogen and oxygen atoms in total. The number of ether oxygens (including phenoxy) is 2. The van der Waals surface area contributed by atoms with Crippen molar-refractivity contribution in [1.82, 2.24) is 0 Å². The Balaban J connectivity index is 1.70. The average Bonchev–Trinajstić information content (AvgIpc) is 2.84. The van der Waals surface area contributed by atoms with Crippen molar-refractivity contribution >= 4 is 5.97 Å². The highest BCUT2D eigenvalue weighted by Gasteiger charge is 2.09. The molecule has 0 aliphatic heterocycles. The minimum Gasteiger partial charge on any atom is -0.465 e. The summed E-state index contributed by atoms with van der Waals surface area (Å²) >= 11 is 0. The van der Waals surface area contributed by atoms with Crippen LogP contribution in [0.2, 0.25) is 0 Å². The van der Waals surface area contributed by atoms with Crippen LogP contribution >= 0.6 is 0 Å². The van der Waals surface area contributed by atoms with E-state index >= 15 is 0 Å². The molecule has 0 aromatic heterocycles. The molecule has 1 atom stereocenters. The maximum absolute atomic E-state index is 12.4. The average molecular weight is 451 g/mol. The summed E-state index contributed by atoms with van der Waals surface area (Å²) in [6.45, 7) is 6.78. The Kier molecular flexibility index (Phi) is 13.0. The molecule has 0 heterocycles. The maximum atomic E-state index is 12.4. The van der Waals surface area contributed by atoms with Crippen LogP contribution in [0.15, 0.2) is 60.9 Å². The predicted octanol–water partition coefficient (Wildman–Crippen LogP) is 8.92. The van der Waals surface area contributed by atoms with Gasteiger partial charge in [-0.25, -0.2) is 4.79 Å². The van der Waals surface area contributed by atoms with Gasteiger partial charge >= 0.3 is 5.97 Å². The lowest BCUT2D eigenvalue weighted by atomic mass is 9.99. The highest BCUT2D eigenvalue weighted by Crippen LogP contribution is 2.19. The van der Waals surface area contributed by atoms with Gasteiger partial charge in [-0.05, 0) is 79.6 Å². The van der Waals surface area contributed by atoms with Crippen LogP contribution in [0.25, 0.3) is 0 Å².